The van der Waals surface area contributed by atoms with E-state index in [9.17, 15) is 4.39 Å². The minimum atomic E-state index is -0.245. The average molecular weight is 383 g/mol. The predicted molar refractivity (Wildman–Crippen MR) is 105 cm³/mol. The van der Waals surface area contributed by atoms with Gasteiger partial charge in [-0.3, -0.25) is 4.90 Å². The Morgan fingerprint density at radius 2 is 1.81 bits per heavy atom. The number of benzene rings is 2. The molecule has 0 saturated carbocycles. The molecule has 1 N–H and O–H groups in total. The van der Waals surface area contributed by atoms with Crippen molar-refractivity contribution in [2.45, 2.75) is 26.1 Å². The Hall–Kier alpha value is -2.50. The lowest BCUT2D eigenvalue weighted by atomic mass is 10.1. The van der Waals surface area contributed by atoms with Gasteiger partial charge >= 0.3 is 0 Å². The van der Waals surface area contributed by atoms with Crippen molar-refractivity contribution in [1.29, 1.82) is 0 Å². The Balaban J connectivity index is 1.45. The van der Waals surface area contributed by atoms with Gasteiger partial charge in [-0.05, 0) is 11.6 Å². The Labute approximate surface area is 163 Å². The first-order valence-electron chi connectivity index (χ1n) is 8.98. The number of aromatic nitrogens is 2. The minimum absolute atomic E-state index is 0.245. The zero-order valence-electron chi connectivity index (χ0n) is 14.8. The molecule has 0 atom stereocenters. The van der Waals surface area contributed by atoms with Crippen LogP contribution in [0.15, 0.2) is 54.6 Å². The minimum Gasteiger partial charge on any atom is -0.350 e. The Bertz CT molecular complexity index is 933. The van der Waals surface area contributed by atoms with Crippen LogP contribution in [0.1, 0.15) is 22.4 Å². The fraction of sp³-hybridized carbons (Fsp3) is 0.238. The number of nitrogens with zero attached hydrogens (tertiary/aromatic N) is 3. The summed E-state index contributed by atoms with van der Waals surface area (Å²) in [4.78, 5) is 11.3. The van der Waals surface area contributed by atoms with E-state index >= 15 is 0 Å². The summed E-state index contributed by atoms with van der Waals surface area (Å²) in [6.07, 6.45) is 0.818. The molecule has 0 unspecified atom stereocenters. The number of halogens is 2. The fourth-order valence-corrected chi connectivity index (χ4v) is 3.55. The van der Waals surface area contributed by atoms with Crippen LogP contribution in [0.25, 0.3) is 0 Å². The Morgan fingerprint density at radius 1 is 1.04 bits per heavy atom. The van der Waals surface area contributed by atoms with E-state index in [0.29, 0.717) is 23.2 Å². The highest BCUT2D eigenvalue weighted by Gasteiger charge is 2.22. The zero-order valence-corrected chi connectivity index (χ0v) is 15.6. The third-order valence-electron chi connectivity index (χ3n) is 4.73. The molecule has 6 heteroatoms. The highest BCUT2D eigenvalue weighted by molar-refractivity contribution is 6.30. The van der Waals surface area contributed by atoms with E-state index in [1.165, 1.54) is 11.6 Å². The lowest BCUT2D eigenvalue weighted by Gasteiger charge is -2.28. The maximum atomic E-state index is 13.8. The monoisotopic (exact) mass is 382 g/mol. The van der Waals surface area contributed by atoms with Crippen LogP contribution < -0.4 is 5.32 Å². The fourth-order valence-electron chi connectivity index (χ4n) is 3.30. The predicted octanol–water partition coefficient (Wildman–Crippen LogP) is 4.44. The van der Waals surface area contributed by atoms with Crippen LogP contribution in [0.5, 0.6) is 0 Å². The molecule has 0 bridgehead atoms. The van der Waals surface area contributed by atoms with Crippen LogP contribution in [0.2, 0.25) is 5.15 Å². The van der Waals surface area contributed by atoms with Crippen LogP contribution in [-0.2, 0) is 26.1 Å². The molecule has 0 aliphatic carbocycles. The van der Waals surface area contributed by atoms with Gasteiger partial charge in [0.1, 0.15) is 11.0 Å². The van der Waals surface area contributed by atoms with Gasteiger partial charge in [0.25, 0.3) is 0 Å². The highest BCUT2D eigenvalue weighted by Crippen LogP contribution is 2.26. The standard InChI is InChI=1S/C21H20ClFN4/c22-20-17-14-27(13-15-6-2-1-3-7-15)11-10-19(17)25-21(26-20)24-12-16-8-4-5-9-18(16)23/h1-9H,10-14H2,(H,24,25,26). The topological polar surface area (TPSA) is 41.1 Å². The molecule has 1 aliphatic heterocycles. The molecule has 27 heavy (non-hydrogen) atoms. The first kappa shape index (κ1) is 17.9. The molecule has 0 spiro atoms. The summed E-state index contributed by atoms with van der Waals surface area (Å²) >= 11 is 6.44. The summed E-state index contributed by atoms with van der Waals surface area (Å²) in [6, 6.07) is 17.0. The first-order valence-corrected chi connectivity index (χ1v) is 9.35. The van der Waals surface area contributed by atoms with Gasteiger partial charge in [0.15, 0.2) is 0 Å². The summed E-state index contributed by atoms with van der Waals surface area (Å²) in [5, 5.41) is 3.55. The van der Waals surface area contributed by atoms with Gasteiger partial charge in [-0.25, -0.2) is 14.4 Å². The average Bonchev–Trinajstić information content (AvgIpc) is 2.69. The van der Waals surface area contributed by atoms with Gasteiger partial charge in [0, 0.05) is 43.7 Å². The van der Waals surface area contributed by atoms with E-state index in [1.54, 1.807) is 12.1 Å². The molecular weight excluding hydrogens is 363 g/mol. The first-order chi connectivity index (χ1) is 13.2. The van der Waals surface area contributed by atoms with Crippen molar-refractivity contribution in [1.82, 2.24) is 14.9 Å². The third kappa shape index (κ3) is 4.26. The summed E-state index contributed by atoms with van der Waals surface area (Å²) < 4.78 is 13.8. The van der Waals surface area contributed by atoms with Gasteiger partial charge < -0.3 is 5.32 Å². The van der Waals surface area contributed by atoms with E-state index in [4.69, 9.17) is 11.6 Å². The summed E-state index contributed by atoms with van der Waals surface area (Å²) in [5.74, 6) is 0.198. The molecular formula is C21H20ClFN4. The molecule has 0 fully saturated rings. The van der Waals surface area contributed by atoms with E-state index in [2.05, 4.69) is 44.5 Å². The van der Waals surface area contributed by atoms with Crippen LogP contribution >= 0.6 is 11.6 Å². The molecule has 1 aliphatic rings. The van der Waals surface area contributed by atoms with Gasteiger partial charge in [-0.15, -0.1) is 0 Å². The van der Waals surface area contributed by atoms with Crippen molar-refractivity contribution >= 4 is 17.5 Å². The van der Waals surface area contributed by atoms with E-state index in [1.807, 2.05) is 12.1 Å². The molecule has 3 aromatic rings. The molecule has 4 rings (SSSR count). The van der Waals surface area contributed by atoms with Crippen molar-refractivity contribution in [3.8, 4) is 0 Å². The quantitative estimate of drug-likeness (QED) is 0.662. The number of nitrogens with one attached hydrogen (secondary N) is 1. The Kier molecular flexibility index (Phi) is 5.32. The van der Waals surface area contributed by atoms with Gasteiger partial charge in [0.2, 0.25) is 5.95 Å². The molecule has 2 aromatic carbocycles. The number of hydrogen-bond donors (Lipinski definition) is 1. The number of hydrogen-bond acceptors (Lipinski definition) is 4. The van der Waals surface area contributed by atoms with Crippen LogP contribution in [0, 0.1) is 5.82 Å². The largest absolute Gasteiger partial charge is 0.350 e. The van der Waals surface area contributed by atoms with Gasteiger partial charge in [-0.2, -0.15) is 0 Å². The number of rotatable bonds is 5. The second-order valence-corrected chi connectivity index (χ2v) is 7.01. The zero-order chi connectivity index (χ0) is 18.6. The number of fused-ring (bicyclic) bond motifs is 1. The van der Waals surface area contributed by atoms with E-state index in [0.717, 1.165) is 37.3 Å². The van der Waals surface area contributed by atoms with E-state index < -0.39 is 0 Å². The normalized spacial score (nSPS) is 14.0. The SMILES string of the molecule is Fc1ccccc1CNc1nc(Cl)c2c(n1)CCN(Cc1ccccc1)C2. The van der Waals surface area contributed by atoms with Crippen molar-refractivity contribution in [2.24, 2.45) is 0 Å². The van der Waals surface area contributed by atoms with Gasteiger partial charge in [-0.1, -0.05) is 60.1 Å². The maximum Gasteiger partial charge on any atom is 0.224 e. The lowest BCUT2D eigenvalue weighted by molar-refractivity contribution is 0.243. The van der Waals surface area contributed by atoms with E-state index in [-0.39, 0.29) is 5.82 Å². The van der Waals surface area contributed by atoms with Crippen molar-refractivity contribution < 1.29 is 4.39 Å². The molecule has 138 valence electrons. The van der Waals surface area contributed by atoms with Crippen molar-refractivity contribution in [3.63, 3.8) is 0 Å². The molecule has 0 amide bonds. The number of anilines is 1. The molecule has 0 saturated heterocycles. The van der Waals surface area contributed by atoms with Crippen LogP contribution in [0.4, 0.5) is 10.3 Å². The summed E-state index contributed by atoms with van der Waals surface area (Å²) in [7, 11) is 0. The second kappa shape index (κ2) is 8.03. The Morgan fingerprint density at radius 3 is 2.63 bits per heavy atom. The van der Waals surface area contributed by atoms with Crippen molar-refractivity contribution in [2.75, 3.05) is 11.9 Å². The second-order valence-electron chi connectivity index (χ2n) is 6.65. The highest BCUT2D eigenvalue weighted by atomic mass is 35.5. The van der Waals surface area contributed by atoms with Crippen LogP contribution in [-0.4, -0.2) is 21.4 Å². The molecule has 4 nitrogen and oxygen atoms in total. The smallest absolute Gasteiger partial charge is 0.224 e. The third-order valence-corrected chi connectivity index (χ3v) is 5.05. The van der Waals surface area contributed by atoms with Gasteiger partial charge in [0.05, 0.1) is 5.69 Å². The lowest BCUT2D eigenvalue weighted by Crippen LogP contribution is -2.31. The summed E-state index contributed by atoms with van der Waals surface area (Å²) in [5.41, 5.74) is 3.80. The maximum absolute atomic E-state index is 13.8. The molecule has 0 radical (unpaired) electrons. The molecule has 1 aromatic heterocycles. The molecule has 2 heterocycles. The van der Waals surface area contributed by atoms with Crippen molar-refractivity contribution in [3.05, 3.63) is 88.0 Å². The summed E-state index contributed by atoms with van der Waals surface area (Å²) in [6.45, 7) is 2.85. The van der Waals surface area contributed by atoms with Crippen LogP contribution in [0.3, 0.4) is 0 Å².